The van der Waals surface area contributed by atoms with Crippen LogP contribution in [0.4, 0.5) is 19.0 Å². The summed E-state index contributed by atoms with van der Waals surface area (Å²) >= 11 is 0. The van der Waals surface area contributed by atoms with Crippen LogP contribution in [0.3, 0.4) is 0 Å². The molecular formula is C27H34F3N5O2. The second-order valence-electron chi connectivity index (χ2n) is 9.65. The van der Waals surface area contributed by atoms with E-state index < -0.39 is 11.7 Å². The number of halogens is 3. The van der Waals surface area contributed by atoms with Gasteiger partial charge in [-0.2, -0.15) is 18.2 Å². The fourth-order valence-electron chi connectivity index (χ4n) is 5.24. The van der Waals surface area contributed by atoms with Crippen LogP contribution in [0, 0.1) is 0 Å². The molecule has 1 aromatic carbocycles. The maximum absolute atomic E-state index is 13.1. The lowest BCUT2D eigenvalue weighted by atomic mass is 9.96. The van der Waals surface area contributed by atoms with E-state index >= 15 is 0 Å². The molecule has 0 spiro atoms. The van der Waals surface area contributed by atoms with E-state index in [-0.39, 0.29) is 23.8 Å². The second kappa shape index (κ2) is 10.8. The van der Waals surface area contributed by atoms with Crippen LogP contribution >= 0.6 is 0 Å². The van der Waals surface area contributed by atoms with Crippen LogP contribution in [0.25, 0.3) is 11.0 Å². The van der Waals surface area contributed by atoms with E-state index in [2.05, 4.69) is 28.6 Å². The van der Waals surface area contributed by atoms with Crippen LogP contribution in [0.15, 0.2) is 41.2 Å². The topological polar surface area (TPSA) is 63.5 Å². The van der Waals surface area contributed by atoms with Crippen molar-refractivity contribution in [1.82, 2.24) is 19.4 Å². The molecule has 1 aliphatic rings. The smallest absolute Gasteiger partial charge is 0.378 e. The van der Waals surface area contributed by atoms with Crippen molar-refractivity contribution in [2.45, 2.75) is 64.5 Å². The molecule has 0 aliphatic carbocycles. The van der Waals surface area contributed by atoms with Crippen molar-refractivity contribution in [3.63, 3.8) is 0 Å². The van der Waals surface area contributed by atoms with Gasteiger partial charge in [0.2, 0.25) is 0 Å². The number of aromatic nitrogens is 3. The minimum Gasteiger partial charge on any atom is -0.378 e. The number of ether oxygens (including phenoxy) is 1. The number of benzene rings is 1. The van der Waals surface area contributed by atoms with E-state index in [4.69, 9.17) is 9.72 Å². The second-order valence-corrected chi connectivity index (χ2v) is 9.65. The Balaban J connectivity index is 1.70. The Labute approximate surface area is 214 Å². The maximum atomic E-state index is 13.1. The summed E-state index contributed by atoms with van der Waals surface area (Å²) in [6, 6.07) is 9.28. The highest BCUT2D eigenvalue weighted by Gasteiger charge is 2.37. The molecule has 7 nitrogen and oxygen atoms in total. The van der Waals surface area contributed by atoms with Crippen LogP contribution in [0.2, 0.25) is 0 Å². The van der Waals surface area contributed by atoms with Crippen LogP contribution in [-0.4, -0.2) is 51.7 Å². The van der Waals surface area contributed by atoms with Crippen molar-refractivity contribution in [1.29, 1.82) is 0 Å². The molecule has 0 saturated carbocycles. The van der Waals surface area contributed by atoms with Crippen LogP contribution in [-0.2, 0) is 24.6 Å². The van der Waals surface area contributed by atoms with Crippen molar-refractivity contribution >= 4 is 16.9 Å². The third kappa shape index (κ3) is 5.36. The maximum Gasteiger partial charge on any atom is 0.416 e. The minimum absolute atomic E-state index is 0.0513. The number of piperazine rings is 1. The van der Waals surface area contributed by atoms with Gasteiger partial charge in [-0.15, -0.1) is 0 Å². The predicted molar refractivity (Wildman–Crippen MR) is 138 cm³/mol. The highest BCUT2D eigenvalue weighted by atomic mass is 19.4. The number of fused-ring (bicyclic) bond motifs is 1. The molecule has 4 rings (SSSR count). The Hall–Kier alpha value is -2.98. The van der Waals surface area contributed by atoms with Crippen LogP contribution in [0.1, 0.15) is 56.5 Å². The summed E-state index contributed by atoms with van der Waals surface area (Å²) in [5.41, 5.74) is 1.99. The molecule has 1 fully saturated rings. The zero-order chi connectivity index (χ0) is 26.9. The van der Waals surface area contributed by atoms with Gasteiger partial charge in [-0.1, -0.05) is 26.0 Å². The molecule has 3 heterocycles. The number of nitrogens with zero attached hydrogens (tertiary/aromatic N) is 5. The van der Waals surface area contributed by atoms with Crippen molar-refractivity contribution < 1.29 is 17.9 Å². The number of hydrogen-bond acceptors (Lipinski definition) is 6. The number of alkyl halides is 3. The summed E-state index contributed by atoms with van der Waals surface area (Å²) in [6.45, 7) is 7.91. The van der Waals surface area contributed by atoms with E-state index in [0.29, 0.717) is 36.5 Å². The Bertz CT molecular complexity index is 1290. The van der Waals surface area contributed by atoms with Gasteiger partial charge in [0.05, 0.1) is 23.4 Å². The van der Waals surface area contributed by atoms with E-state index in [1.54, 1.807) is 26.3 Å². The zero-order valence-electron chi connectivity index (χ0n) is 21.9. The lowest BCUT2D eigenvalue weighted by Gasteiger charge is -2.49. The number of pyridine rings is 1. The minimum atomic E-state index is -4.35. The molecule has 1 saturated heterocycles. The third-order valence-corrected chi connectivity index (χ3v) is 7.46. The average Bonchev–Trinajstić information content (AvgIpc) is 2.89. The fourth-order valence-corrected chi connectivity index (χ4v) is 5.24. The highest BCUT2D eigenvalue weighted by Crippen LogP contribution is 2.35. The van der Waals surface area contributed by atoms with Gasteiger partial charge in [-0.05, 0) is 49.6 Å². The average molecular weight is 518 g/mol. The number of rotatable bonds is 7. The lowest BCUT2D eigenvalue weighted by Crippen LogP contribution is -2.59. The Kier molecular flexibility index (Phi) is 7.89. The zero-order valence-corrected chi connectivity index (χ0v) is 21.9. The van der Waals surface area contributed by atoms with Crippen LogP contribution < -0.4 is 10.6 Å². The summed E-state index contributed by atoms with van der Waals surface area (Å²) < 4.78 is 46.0. The van der Waals surface area contributed by atoms with E-state index in [1.165, 1.54) is 4.57 Å². The SMILES string of the molecule is CC[C@H]1CN(C(C)c2ccc(C(F)(F)F)cc2)[C@H](CC)CN1c1nc(=O)n(C)c2ccc(COC)nc12. The van der Waals surface area contributed by atoms with Gasteiger partial charge in [-0.3, -0.25) is 9.47 Å². The molecule has 37 heavy (non-hydrogen) atoms. The molecule has 10 heteroatoms. The molecule has 0 N–H and O–H groups in total. The quantitative estimate of drug-likeness (QED) is 0.443. The molecule has 0 radical (unpaired) electrons. The first-order chi connectivity index (χ1) is 17.6. The van der Waals surface area contributed by atoms with E-state index in [1.807, 2.05) is 19.1 Å². The lowest BCUT2D eigenvalue weighted by molar-refractivity contribution is -0.137. The first-order valence-electron chi connectivity index (χ1n) is 12.6. The van der Waals surface area contributed by atoms with Crippen molar-refractivity contribution in [2.75, 3.05) is 25.1 Å². The summed E-state index contributed by atoms with van der Waals surface area (Å²) in [6.07, 6.45) is -2.71. The Morgan fingerprint density at radius 3 is 2.30 bits per heavy atom. The molecule has 3 atom stereocenters. The standard InChI is InChI=1S/C27H34F3N5O2/c1-6-21-15-35(25-24-23(33(4)26(36)32-25)13-12-20(31-24)16-37-5)22(7-2)14-34(21)17(3)18-8-10-19(11-9-18)27(28,29)30/h8-13,17,21-22H,6-7,14-16H2,1-5H3/t17?,21-,22+/m1/s1. The van der Waals surface area contributed by atoms with Gasteiger partial charge >= 0.3 is 11.9 Å². The molecule has 1 aliphatic heterocycles. The Morgan fingerprint density at radius 2 is 1.70 bits per heavy atom. The summed E-state index contributed by atoms with van der Waals surface area (Å²) in [5, 5.41) is 0. The van der Waals surface area contributed by atoms with E-state index in [9.17, 15) is 18.0 Å². The predicted octanol–water partition coefficient (Wildman–Crippen LogP) is 4.93. The Morgan fingerprint density at radius 1 is 1.03 bits per heavy atom. The normalized spacial score (nSPS) is 19.9. The van der Waals surface area contributed by atoms with Gasteiger partial charge in [0.15, 0.2) is 5.82 Å². The fraction of sp³-hybridized carbons (Fsp3) is 0.519. The van der Waals surface area contributed by atoms with Crippen molar-refractivity contribution in [3.8, 4) is 0 Å². The molecule has 1 unspecified atom stereocenters. The summed E-state index contributed by atoms with van der Waals surface area (Å²) in [5.74, 6) is 0.572. The van der Waals surface area contributed by atoms with Crippen molar-refractivity contribution in [3.05, 3.63) is 63.7 Å². The molecule has 0 amide bonds. The molecule has 0 bridgehead atoms. The monoisotopic (exact) mass is 517 g/mol. The van der Waals surface area contributed by atoms with Gasteiger partial charge in [0, 0.05) is 45.4 Å². The first kappa shape index (κ1) is 27.1. The number of anilines is 1. The summed E-state index contributed by atoms with van der Waals surface area (Å²) in [4.78, 5) is 26.6. The largest absolute Gasteiger partial charge is 0.416 e. The number of aryl methyl sites for hydroxylation is 1. The molecular weight excluding hydrogens is 483 g/mol. The first-order valence-corrected chi connectivity index (χ1v) is 12.6. The van der Waals surface area contributed by atoms with Gasteiger partial charge in [-0.25, -0.2) is 9.78 Å². The van der Waals surface area contributed by atoms with Crippen molar-refractivity contribution in [2.24, 2.45) is 7.05 Å². The molecule has 3 aromatic rings. The van der Waals surface area contributed by atoms with Gasteiger partial charge in [0.1, 0.15) is 5.52 Å². The summed E-state index contributed by atoms with van der Waals surface area (Å²) in [7, 11) is 3.30. The van der Waals surface area contributed by atoms with Crippen LogP contribution in [0.5, 0.6) is 0 Å². The van der Waals surface area contributed by atoms with E-state index in [0.717, 1.165) is 36.2 Å². The highest BCUT2D eigenvalue weighted by molar-refractivity contribution is 5.86. The van der Waals surface area contributed by atoms with Gasteiger partial charge < -0.3 is 9.64 Å². The molecule has 2 aromatic heterocycles. The third-order valence-electron chi connectivity index (χ3n) is 7.46. The number of hydrogen-bond donors (Lipinski definition) is 0. The molecule has 200 valence electrons. The number of methoxy groups -OCH3 is 1. The van der Waals surface area contributed by atoms with Gasteiger partial charge in [0.25, 0.3) is 0 Å².